The first-order valence-electron chi connectivity index (χ1n) is 9.16. The molecule has 0 spiro atoms. The molecule has 0 unspecified atom stereocenters. The van der Waals surface area contributed by atoms with Gasteiger partial charge in [0.15, 0.2) is 0 Å². The van der Waals surface area contributed by atoms with Gasteiger partial charge in [-0.1, -0.05) is 6.07 Å². The Balaban J connectivity index is 1.53. The Morgan fingerprint density at radius 1 is 1.19 bits per heavy atom. The lowest BCUT2D eigenvalue weighted by Gasteiger charge is -2.34. The lowest BCUT2D eigenvalue weighted by Crippen LogP contribution is -2.48. The Hall–Kier alpha value is -2.42. The van der Waals surface area contributed by atoms with Crippen LogP contribution in [0.4, 0.5) is 5.69 Å². The highest BCUT2D eigenvalue weighted by Crippen LogP contribution is 2.33. The molecule has 0 saturated carbocycles. The number of β-amino-alcohol motifs (C(OH)–C–C–N with tert-alkyl or cyclic N) is 1. The summed E-state index contributed by atoms with van der Waals surface area (Å²) in [6, 6.07) is 5.12. The van der Waals surface area contributed by atoms with Gasteiger partial charge in [0.05, 0.1) is 25.0 Å². The SMILES string of the molecule is COc1cccc2c1NC(=O)/C(=C/NCCN1CCN(CCO)CC1)C2=O. The third-order valence-electron chi connectivity index (χ3n) is 4.92. The van der Waals surface area contributed by atoms with E-state index in [9.17, 15) is 9.59 Å². The van der Waals surface area contributed by atoms with Crippen LogP contribution >= 0.6 is 0 Å². The van der Waals surface area contributed by atoms with E-state index in [1.807, 2.05) is 0 Å². The number of aliphatic hydroxyl groups is 1. The largest absolute Gasteiger partial charge is 0.495 e. The van der Waals surface area contributed by atoms with E-state index < -0.39 is 5.91 Å². The average molecular weight is 374 g/mol. The molecule has 8 nitrogen and oxygen atoms in total. The van der Waals surface area contributed by atoms with E-state index in [0.29, 0.717) is 23.5 Å². The number of rotatable bonds is 7. The van der Waals surface area contributed by atoms with Crippen LogP contribution in [0, 0.1) is 0 Å². The molecular weight excluding hydrogens is 348 g/mol. The summed E-state index contributed by atoms with van der Waals surface area (Å²) in [6.07, 6.45) is 1.50. The highest BCUT2D eigenvalue weighted by Gasteiger charge is 2.30. The molecule has 146 valence electrons. The van der Waals surface area contributed by atoms with E-state index in [4.69, 9.17) is 9.84 Å². The minimum atomic E-state index is -0.429. The molecule has 0 atom stereocenters. The molecule has 1 aromatic rings. The molecule has 3 rings (SSSR count). The Kier molecular flexibility index (Phi) is 6.44. The van der Waals surface area contributed by atoms with E-state index in [0.717, 1.165) is 39.3 Å². The predicted molar refractivity (Wildman–Crippen MR) is 102 cm³/mol. The summed E-state index contributed by atoms with van der Waals surface area (Å²) in [5, 5.41) is 14.8. The number of ether oxygens (including phenoxy) is 1. The lowest BCUT2D eigenvalue weighted by atomic mass is 9.97. The normalized spacial score (nSPS) is 19.7. The fourth-order valence-electron chi connectivity index (χ4n) is 3.35. The first-order valence-corrected chi connectivity index (χ1v) is 9.16. The Morgan fingerprint density at radius 3 is 2.56 bits per heavy atom. The van der Waals surface area contributed by atoms with Crippen LogP contribution in [0.2, 0.25) is 0 Å². The van der Waals surface area contributed by atoms with Gasteiger partial charge in [-0.2, -0.15) is 0 Å². The molecule has 2 heterocycles. The number of amides is 1. The molecule has 0 aromatic heterocycles. The van der Waals surface area contributed by atoms with Crippen molar-refractivity contribution in [2.45, 2.75) is 0 Å². The fourth-order valence-corrected chi connectivity index (χ4v) is 3.35. The number of aliphatic hydroxyl groups excluding tert-OH is 1. The quantitative estimate of drug-likeness (QED) is 0.349. The van der Waals surface area contributed by atoms with Gasteiger partial charge in [-0.25, -0.2) is 0 Å². The number of benzene rings is 1. The lowest BCUT2D eigenvalue weighted by molar-refractivity contribution is -0.112. The molecular formula is C19H26N4O4. The fraction of sp³-hybridized carbons (Fsp3) is 0.474. The van der Waals surface area contributed by atoms with Gasteiger partial charge in [-0.3, -0.25) is 19.4 Å². The maximum atomic E-state index is 12.6. The number of carbonyl (C=O) groups is 2. The van der Waals surface area contributed by atoms with Crippen LogP contribution in [0.3, 0.4) is 0 Å². The van der Waals surface area contributed by atoms with Crippen molar-refractivity contribution in [1.82, 2.24) is 15.1 Å². The highest BCUT2D eigenvalue weighted by atomic mass is 16.5. The van der Waals surface area contributed by atoms with Crippen LogP contribution < -0.4 is 15.4 Å². The van der Waals surface area contributed by atoms with Gasteiger partial charge < -0.3 is 20.5 Å². The number of piperazine rings is 1. The smallest absolute Gasteiger partial charge is 0.261 e. The summed E-state index contributed by atoms with van der Waals surface area (Å²) in [7, 11) is 1.50. The van der Waals surface area contributed by atoms with E-state index >= 15 is 0 Å². The zero-order valence-corrected chi connectivity index (χ0v) is 15.5. The Labute approximate surface area is 158 Å². The number of nitrogens with one attached hydrogen (secondary N) is 2. The summed E-state index contributed by atoms with van der Waals surface area (Å²) in [4.78, 5) is 29.5. The molecule has 8 heteroatoms. The number of anilines is 1. The summed E-state index contributed by atoms with van der Waals surface area (Å²) < 4.78 is 5.21. The summed E-state index contributed by atoms with van der Waals surface area (Å²) in [5.74, 6) is -0.263. The molecule has 1 fully saturated rings. The third-order valence-corrected chi connectivity index (χ3v) is 4.92. The van der Waals surface area contributed by atoms with Crippen molar-refractivity contribution in [1.29, 1.82) is 0 Å². The van der Waals surface area contributed by atoms with E-state index in [1.165, 1.54) is 13.3 Å². The van der Waals surface area contributed by atoms with Crippen LogP contribution in [0.25, 0.3) is 0 Å². The van der Waals surface area contributed by atoms with Crippen LogP contribution in [0.1, 0.15) is 10.4 Å². The van der Waals surface area contributed by atoms with Gasteiger partial charge in [0.2, 0.25) is 5.78 Å². The van der Waals surface area contributed by atoms with Crippen molar-refractivity contribution in [2.75, 3.05) is 64.8 Å². The number of Topliss-reactive ketones (excluding diaryl/α,β-unsaturated/α-hetero) is 1. The molecule has 0 radical (unpaired) electrons. The van der Waals surface area contributed by atoms with Crippen molar-refractivity contribution >= 4 is 17.4 Å². The van der Waals surface area contributed by atoms with E-state index in [1.54, 1.807) is 18.2 Å². The Bertz CT molecular complexity index is 726. The first kappa shape index (κ1) is 19.3. The monoisotopic (exact) mass is 374 g/mol. The second kappa shape index (κ2) is 8.98. The van der Waals surface area contributed by atoms with Gasteiger partial charge >= 0.3 is 0 Å². The summed E-state index contributed by atoms with van der Waals surface area (Å²) in [6.45, 7) is 6.19. The molecule has 1 amide bonds. The van der Waals surface area contributed by atoms with E-state index in [2.05, 4.69) is 20.4 Å². The van der Waals surface area contributed by atoms with Gasteiger partial charge in [0.1, 0.15) is 11.3 Å². The maximum Gasteiger partial charge on any atom is 0.261 e. The second-order valence-corrected chi connectivity index (χ2v) is 6.59. The highest BCUT2D eigenvalue weighted by molar-refractivity contribution is 6.34. The molecule has 2 aliphatic rings. The summed E-state index contributed by atoms with van der Waals surface area (Å²) >= 11 is 0. The number of methoxy groups -OCH3 is 1. The zero-order chi connectivity index (χ0) is 19.2. The van der Waals surface area contributed by atoms with Crippen molar-refractivity contribution < 1.29 is 19.4 Å². The van der Waals surface area contributed by atoms with Crippen molar-refractivity contribution in [3.63, 3.8) is 0 Å². The Morgan fingerprint density at radius 2 is 1.89 bits per heavy atom. The van der Waals surface area contributed by atoms with Gasteiger partial charge in [0.25, 0.3) is 5.91 Å². The molecule has 2 aliphatic heterocycles. The molecule has 3 N–H and O–H groups in total. The average Bonchev–Trinajstić information content (AvgIpc) is 2.68. The minimum absolute atomic E-state index is 0.100. The number of hydrogen-bond donors (Lipinski definition) is 3. The first-order chi connectivity index (χ1) is 13.1. The van der Waals surface area contributed by atoms with Crippen LogP contribution in [-0.4, -0.2) is 86.1 Å². The second-order valence-electron chi connectivity index (χ2n) is 6.59. The third kappa shape index (κ3) is 4.47. The number of nitrogens with zero attached hydrogens (tertiary/aromatic N) is 2. The van der Waals surface area contributed by atoms with E-state index in [-0.39, 0.29) is 18.0 Å². The number of carbonyl (C=O) groups excluding carboxylic acids is 2. The van der Waals surface area contributed by atoms with Crippen molar-refractivity contribution in [2.24, 2.45) is 0 Å². The van der Waals surface area contributed by atoms with Crippen molar-refractivity contribution in [3.05, 3.63) is 35.5 Å². The number of ketones is 1. The number of para-hydroxylation sites is 1. The summed E-state index contributed by atoms with van der Waals surface area (Å²) in [5.41, 5.74) is 0.957. The predicted octanol–water partition coefficient (Wildman–Crippen LogP) is -0.0866. The molecule has 0 aliphatic carbocycles. The topological polar surface area (TPSA) is 94.1 Å². The molecule has 27 heavy (non-hydrogen) atoms. The zero-order valence-electron chi connectivity index (χ0n) is 15.5. The van der Waals surface area contributed by atoms with Crippen LogP contribution in [0.5, 0.6) is 5.75 Å². The van der Waals surface area contributed by atoms with Crippen LogP contribution in [0.15, 0.2) is 30.0 Å². The minimum Gasteiger partial charge on any atom is -0.495 e. The standard InChI is InChI=1S/C19H26N4O4/c1-27-16-4-2-3-14-17(16)21-19(26)15(18(14)25)13-20-5-6-22-7-9-23(10-8-22)11-12-24/h2-4,13,20,24H,5-12H2,1H3,(H,21,26)/b15-13+. The molecule has 0 bridgehead atoms. The number of fused-ring (bicyclic) bond motifs is 1. The number of hydrogen-bond acceptors (Lipinski definition) is 7. The van der Waals surface area contributed by atoms with Gasteiger partial charge in [-0.15, -0.1) is 0 Å². The van der Waals surface area contributed by atoms with Gasteiger partial charge in [-0.05, 0) is 12.1 Å². The maximum absolute atomic E-state index is 12.6. The molecule has 1 saturated heterocycles. The van der Waals surface area contributed by atoms with Crippen molar-refractivity contribution in [3.8, 4) is 5.75 Å². The van der Waals surface area contributed by atoms with Gasteiger partial charge in [0, 0.05) is 52.0 Å². The molecule has 1 aromatic carbocycles. The van der Waals surface area contributed by atoms with Crippen LogP contribution in [-0.2, 0) is 4.79 Å².